The van der Waals surface area contributed by atoms with Crippen LogP contribution in [0, 0.1) is 6.92 Å². The van der Waals surface area contributed by atoms with Crippen LogP contribution in [0.3, 0.4) is 0 Å². The first-order valence-electron chi connectivity index (χ1n) is 7.78. The number of methoxy groups -OCH3 is 1. The number of benzene rings is 2. The second-order valence-corrected chi connectivity index (χ2v) is 7.91. The van der Waals surface area contributed by atoms with Crippen LogP contribution in [0.15, 0.2) is 65.4 Å². The van der Waals surface area contributed by atoms with E-state index in [2.05, 4.69) is 10.9 Å². The van der Waals surface area contributed by atoms with Gasteiger partial charge in [-0.05, 0) is 24.6 Å². The molecule has 3 rings (SSSR count). The average molecular weight is 356 g/mol. The molecule has 6 heteroatoms. The first kappa shape index (κ1) is 17.1. The molecule has 0 unspecified atom stereocenters. The maximum Gasteiger partial charge on any atom is 0.175 e. The molecule has 0 saturated carbocycles. The van der Waals surface area contributed by atoms with Crippen LogP contribution in [0.2, 0.25) is 0 Å². The van der Waals surface area contributed by atoms with Crippen LogP contribution in [0.1, 0.15) is 16.7 Å². The second kappa shape index (κ2) is 6.64. The summed E-state index contributed by atoms with van der Waals surface area (Å²) in [5.41, 5.74) is 10.9. The van der Waals surface area contributed by atoms with Gasteiger partial charge in [-0.2, -0.15) is 0 Å². The fraction of sp³-hybridized carbons (Fsp3) is 0.158. The molecule has 0 amide bonds. The molecular formula is C19H20N2O3S. The molecule has 0 aromatic heterocycles. The van der Waals surface area contributed by atoms with E-state index in [1.54, 1.807) is 37.6 Å². The molecule has 2 aromatic carbocycles. The van der Waals surface area contributed by atoms with Gasteiger partial charge in [-0.15, -0.1) is 0 Å². The van der Waals surface area contributed by atoms with Crippen LogP contribution in [0.25, 0.3) is 11.3 Å². The van der Waals surface area contributed by atoms with Gasteiger partial charge in [0.1, 0.15) is 5.76 Å². The third-order valence-electron chi connectivity index (χ3n) is 4.03. The molecule has 25 heavy (non-hydrogen) atoms. The fourth-order valence-electron chi connectivity index (χ4n) is 2.68. The van der Waals surface area contributed by atoms with E-state index >= 15 is 0 Å². The third kappa shape index (κ3) is 3.53. The lowest BCUT2D eigenvalue weighted by Crippen LogP contribution is -2.30. The Morgan fingerprint density at radius 2 is 1.52 bits per heavy atom. The normalized spacial score (nSPS) is 14.4. The smallest absolute Gasteiger partial charge is 0.175 e. The van der Waals surface area contributed by atoms with Gasteiger partial charge in [0.25, 0.3) is 0 Å². The zero-order valence-corrected chi connectivity index (χ0v) is 15.1. The first-order valence-corrected chi connectivity index (χ1v) is 9.67. The second-order valence-electron chi connectivity index (χ2n) is 5.89. The molecule has 0 bridgehead atoms. The van der Waals surface area contributed by atoms with Crippen molar-refractivity contribution >= 4 is 21.1 Å². The summed E-state index contributed by atoms with van der Waals surface area (Å²) in [5, 5.41) is 0. The van der Waals surface area contributed by atoms with Crippen molar-refractivity contribution in [2.75, 3.05) is 13.4 Å². The Morgan fingerprint density at radius 3 is 2.08 bits per heavy atom. The predicted octanol–water partition coefficient (Wildman–Crippen LogP) is 2.86. The van der Waals surface area contributed by atoms with Crippen molar-refractivity contribution in [2.24, 2.45) is 0 Å². The minimum atomic E-state index is -3.22. The highest BCUT2D eigenvalue weighted by atomic mass is 32.2. The Labute approximate surface area is 147 Å². The molecule has 0 aliphatic carbocycles. The third-order valence-corrected chi connectivity index (χ3v) is 5.16. The highest BCUT2D eigenvalue weighted by Crippen LogP contribution is 2.32. The summed E-state index contributed by atoms with van der Waals surface area (Å²) in [6.07, 6.45) is 2.95. The minimum Gasteiger partial charge on any atom is -0.494 e. The van der Waals surface area contributed by atoms with Crippen LogP contribution in [0.4, 0.5) is 0 Å². The standard InChI is InChI=1S/C19H20N2O3S/c1-13-4-6-14(7-5-13)18-17(24-2)12-20-21-19(18)15-8-10-16(11-9-15)25(3,22)23/h4-12,20-21H,1-3H3. The minimum absolute atomic E-state index is 0.292. The summed E-state index contributed by atoms with van der Waals surface area (Å²) in [6.45, 7) is 2.04. The van der Waals surface area contributed by atoms with E-state index < -0.39 is 9.84 Å². The Balaban J connectivity index is 2.14. The molecule has 0 atom stereocenters. The average Bonchev–Trinajstić information content (AvgIpc) is 2.61. The van der Waals surface area contributed by atoms with E-state index in [1.165, 1.54) is 11.8 Å². The van der Waals surface area contributed by atoms with Crippen LogP contribution < -0.4 is 10.9 Å². The molecular weight excluding hydrogens is 336 g/mol. The molecule has 0 saturated heterocycles. The molecule has 2 N–H and O–H groups in total. The monoisotopic (exact) mass is 356 g/mol. The van der Waals surface area contributed by atoms with Crippen molar-refractivity contribution in [3.8, 4) is 0 Å². The molecule has 2 aromatic rings. The van der Waals surface area contributed by atoms with E-state index in [9.17, 15) is 8.42 Å². The molecule has 5 nitrogen and oxygen atoms in total. The maximum atomic E-state index is 11.7. The van der Waals surface area contributed by atoms with Crippen molar-refractivity contribution in [2.45, 2.75) is 11.8 Å². The van der Waals surface area contributed by atoms with Crippen LogP contribution in [-0.4, -0.2) is 21.8 Å². The van der Waals surface area contributed by atoms with Crippen molar-refractivity contribution in [1.29, 1.82) is 0 Å². The molecule has 1 heterocycles. The fourth-order valence-corrected chi connectivity index (χ4v) is 3.32. The van der Waals surface area contributed by atoms with Gasteiger partial charge in [0.2, 0.25) is 0 Å². The van der Waals surface area contributed by atoms with Gasteiger partial charge in [-0.3, -0.25) is 5.43 Å². The summed E-state index contributed by atoms with van der Waals surface area (Å²) < 4.78 is 28.9. The van der Waals surface area contributed by atoms with Gasteiger partial charge in [-0.25, -0.2) is 8.42 Å². The van der Waals surface area contributed by atoms with Crippen LogP contribution in [0.5, 0.6) is 0 Å². The number of hydrogen-bond acceptors (Lipinski definition) is 5. The quantitative estimate of drug-likeness (QED) is 0.882. The largest absolute Gasteiger partial charge is 0.494 e. The Morgan fingerprint density at radius 1 is 0.920 bits per heavy atom. The van der Waals surface area contributed by atoms with Crippen molar-refractivity contribution in [3.63, 3.8) is 0 Å². The van der Waals surface area contributed by atoms with Crippen molar-refractivity contribution in [3.05, 3.63) is 77.2 Å². The lowest BCUT2D eigenvalue weighted by molar-refractivity contribution is 0.306. The topological polar surface area (TPSA) is 67.4 Å². The zero-order valence-electron chi connectivity index (χ0n) is 14.3. The number of hydrogen-bond donors (Lipinski definition) is 2. The SMILES string of the molecule is COC1=CNNC(c2ccc(S(C)(=O)=O)cc2)=C1c1ccc(C)cc1. The highest BCUT2D eigenvalue weighted by Gasteiger charge is 2.20. The van der Waals surface area contributed by atoms with Crippen molar-refractivity contribution in [1.82, 2.24) is 10.9 Å². The number of aryl methyl sites for hydroxylation is 1. The molecule has 0 spiro atoms. The summed E-state index contributed by atoms with van der Waals surface area (Å²) in [6, 6.07) is 14.9. The Bertz CT molecular complexity index is 941. The van der Waals surface area contributed by atoms with E-state index in [0.717, 1.165) is 22.4 Å². The molecule has 0 fully saturated rings. The van der Waals surface area contributed by atoms with E-state index in [4.69, 9.17) is 4.74 Å². The number of allylic oxidation sites excluding steroid dienone is 1. The van der Waals surface area contributed by atoms with Crippen LogP contribution in [-0.2, 0) is 14.6 Å². The van der Waals surface area contributed by atoms with Crippen molar-refractivity contribution < 1.29 is 13.2 Å². The van der Waals surface area contributed by atoms with Gasteiger partial charge < -0.3 is 10.2 Å². The maximum absolute atomic E-state index is 11.7. The summed E-state index contributed by atoms with van der Waals surface area (Å²) in [7, 11) is -1.60. The lowest BCUT2D eigenvalue weighted by Gasteiger charge is -2.24. The molecule has 0 radical (unpaired) electrons. The number of ether oxygens (including phenoxy) is 1. The number of rotatable bonds is 4. The summed E-state index contributed by atoms with van der Waals surface area (Å²) in [5.74, 6) is 0.699. The summed E-state index contributed by atoms with van der Waals surface area (Å²) in [4.78, 5) is 0.292. The van der Waals surface area contributed by atoms with Gasteiger partial charge in [0, 0.05) is 11.8 Å². The summed E-state index contributed by atoms with van der Waals surface area (Å²) >= 11 is 0. The zero-order chi connectivity index (χ0) is 18.0. The van der Waals surface area contributed by atoms with Crippen LogP contribution >= 0.6 is 0 Å². The lowest BCUT2D eigenvalue weighted by atomic mass is 9.96. The van der Waals surface area contributed by atoms with Gasteiger partial charge in [-0.1, -0.05) is 42.0 Å². The van der Waals surface area contributed by atoms with Gasteiger partial charge >= 0.3 is 0 Å². The number of sulfone groups is 1. The molecule has 1 aliphatic rings. The molecule has 130 valence electrons. The Hall–Kier alpha value is -2.73. The number of hydrazine groups is 1. The Kier molecular flexibility index (Phi) is 4.55. The van der Waals surface area contributed by atoms with E-state index in [1.807, 2.05) is 31.2 Å². The molecule has 1 aliphatic heterocycles. The van der Waals surface area contributed by atoms with Gasteiger partial charge in [0.15, 0.2) is 9.84 Å². The predicted molar refractivity (Wildman–Crippen MR) is 98.9 cm³/mol. The van der Waals surface area contributed by atoms with E-state index in [-0.39, 0.29) is 0 Å². The first-order chi connectivity index (χ1) is 11.9. The van der Waals surface area contributed by atoms with E-state index in [0.29, 0.717) is 10.7 Å². The van der Waals surface area contributed by atoms with Gasteiger partial charge in [0.05, 0.1) is 29.5 Å². The highest BCUT2D eigenvalue weighted by molar-refractivity contribution is 7.90. The number of nitrogens with one attached hydrogen (secondary N) is 2.